The van der Waals surface area contributed by atoms with Gasteiger partial charge in [-0.3, -0.25) is 4.79 Å². The van der Waals surface area contributed by atoms with Crippen LogP contribution < -0.4 is 0 Å². The number of nitrogens with zero attached hydrogens (tertiary/aromatic N) is 2. The van der Waals surface area contributed by atoms with Crippen LogP contribution in [0.5, 0.6) is 0 Å². The van der Waals surface area contributed by atoms with Crippen LogP contribution in [0.3, 0.4) is 0 Å². The summed E-state index contributed by atoms with van der Waals surface area (Å²) in [6, 6.07) is 0. The van der Waals surface area contributed by atoms with Crippen LogP contribution in [0, 0.1) is 0 Å². The molecule has 0 saturated carbocycles. The predicted octanol–water partition coefficient (Wildman–Crippen LogP) is 3.79. The van der Waals surface area contributed by atoms with E-state index in [2.05, 4.69) is 17.2 Å². The smallest absolute Gasteiger partial charge is 0.237 e. The molecule has 0 spiro atoms. The first-order valence-electron chi connectivity index (χ1n) is 7.81. The summed E-state index contributed by atoms with van der Waals surface area (Å²) in [6.07, 6.45) is 10.5. The van der Waals surface area contributed by atoms with Gasteiger partial charge in [-0.15, -0.1) is 10.2 Å². The summed E-state index contributed by atoms with van der Waals surface area (Å²) in [5.41, 5.74) is 0.636. The lowest BCUT2D eigenvalue weighted by Crippen LogP contribution is -2.07. The number of rotatable bonds is 8. The van der Waals surface area contributed by atoms with E-state index in [9.17, 15) is 4.79 Å². The second kappa shape index (κ2) is 8.92. The Morgan fingerprint density at radius 3 is 2.52 bits per heavy atom. The van der Waals surface area contributed by atoms with Crippen molar-refractivity contribution in [2.24, 2.45) is 10.2 Å². The van der Waals surface area contributed by atoms with Crippen molar-refractivity contribution in [2.45, 2.75) is 32.6 Å². The molecule has 0 aromatic carbocycles. The Kier molecular flexibility index (Phi) is 6.59. The third-order valence-corrected chi connectivity index (χ3v) is 3.41. The Morgan fingerprint density at radius 1 is 1.13 bits per heavy atom. The molecule has 0 bridgehead atoms. The first kappa shape index (κ1) is 17.0. The molecule has 6 heteroatoms. The van der Waals surface area contributed by atoms with Crippen molar-refractivity contribution in [3.63, 3.8) is 0 Å². The maximum atomic E-state index is 12.1. The Hall–Kier alpha value is -2.37. The Labute approximate surface area is 136 Å². The number of allylic oxidation sites excluding steroid dienone is 3. The summed E-state index contributed by atoms with van der Waals surface area (Å²) < 4.78 is 15.8. The van der Waals surface area contributed by atoms with Crippen LogP contribution in [0.1, 0.15) is 32.6 Å². The molecule has 0 saturated heterocycles. The third-order valence-electron chi connectivity index (χ3n) is 3.41. The minimum Gasteiger partial charge on any atom is -0.497 e. The largest absolute Gasteiger partial charge is 0.497 e. The average molecular weight is 318 g/mol. The summed E-state index contributed by atoms with van der Waals surface area (Å²) in [4.78, 5) is 12.1. The third kappa shape index (κ3) is 5.39. The van der Waals surface area contributed by atoms with E-state index in [0.29, 0.717) is 42.7 Å². The molecule has 0 fully saturated rings. The fourth-order valence-corrected chi connectivity index (χ4v) is 2.11. The highest BCUT2D eigenvalue weighted by Gasteiger charge is 2.13. The molecule has 2 heterocycles. The number of hydrogen-bond donors (Lipinski definition) is 0. The van der Waals surface area contributed by atoms with E-state index in [1.165, 1.54) is 0 Å². The van der Waals surface area contributed by atoms with Gasteiger partial charge in [-0.2, -0.15) is 0 Å². The summed E-state index contributed by atoms with van der Waals surface area (Å²) in [5.74, 6) is 1.45. The second-order valence-corrected chi connectivity index (χ2v) is 5.14. The maximum Gasteiger partial charge on any atom is 0.237 e. The van der Waals surface area contributed by atoms with Gasteiger partial charge in [0.25, 0.3) is 0 Å². The molecule has 2 rings (SSSR count). The maximum absolute atomic E-state index is 12.1. The van der Waals surface area contributed by atoms with Gasteiger partial charge in [-0.05, 0) is 18.6 Å². The number of methoxy groups -OCH3 is 1. The van der Waals surface area contributed by atoms with Gasteiger partial charge < -0.3 is 14.2 Å². The number of Topliss-reactive ketones (excluding diaryl/α,β-unsaturated/α-hetero) is 1. The van der Waals surface area contributed by atoms with Crippen molar-refractivity contribution in [3.05, 3.63) is 47.4 Å². The minimum absolute atomic E-state index is 0.118. The van der Waals surface area contributed by atoms with Crippen LogP contribution in [0.4, 0.5) is 0 Å². The van der Waals surface area contributed by atoms with E-state index in [1.54, 1.807) is 31.4 Å². The average Bonchev–Trinajstić information content (AvgIpc) is 2.60. The van der Waals surface area contributed by atoms with Crippen LogP contribution in [0.2, 0.25) is 0 Å². The number of hydrogen-bond acceptors (Lipinski definition) is 6. The van der Waals surface area contributed by atoms with Crippen molar-refractivity contribution < 1.29 is 19.0 Å². The topological polar surface area (TPSA) is 69.5 Å². The molecule has 0 N–H and O–H groups in total. The molecular formula is C17H22N2O4. The van der Waals surface area contributed by atoms with Crippen LogP contribution in [0.15, 0.2) is 57.6 Å². The molecule has 6 nitrogen and oxygen atoms in total. The number of ether oxygens (including phenoxy) is 3. The number of azo groups is 1. The van der Waals surface area contributed by atoms with Crippen LogP contribution in [-0.2, 0) is 19.0 Å². The highest BCUT2D eigenvalue weighted by Crippen LogP contribution is 2.18. The Balaban J connectivity index is 1.96. The minimum atomic E-state index is 0.118. The van der Waals surface area contributed by atoms with Gasteiger partial charge in [0.2, 0.25) is 11.8 Å². The van der Waals surface area contributed by atoms with Gasteiger partial charge in [-0.25, -0.2) is 0 Å². The molecular weight excluding hydrogens is 296 g/mol. The summed E-state index contributed by atoms with van der Waals surface area (Å²) in [5, 5.41) is 7.98. The normalized spacial score (nSPS) is 17.5. The van der Waals surface area contributed by atoms with Gasteiger partial charge in [-0.1, -0.05) is 19.8 Å². The fraction of sp³-hybridized carbons (Fsp3) is 0.471. The SMILES string of the molecule is CCCCCC(=O)C1=CCOC(N=NC2=CC(OC)=CCO2)=C1. The number of unbranched alkanes of at least 4 members (excludes halogenated alkanes) is 2. The molecule has 0 unspecified atom stereocenters. The van der Waals surface area contributed by atoms with E-state index in [-0.39, 0.29) is 5.78 Å². The molecule has 2 aliphatic rings. The Morgan fingerprint density at radius 2 is 1.83 bits per heavy atom. The molecule has 0 radical (unpaired) electrons. The molecule has 23 heavy (non-hydrogen) atoms. The first-order valence-corrected chi connectivity index (χ1v) is 7.81. The lowest BCUT2D eigenvalue weighted by molar-refractivity contribution is -0.115. The van der Waals surface area contributed by atoms with Crippen molar-refractivity contribution in [1.82, 2.24) is 0 Å². The van der Waals surface area contributed by atoms with Gasteiger partial charge >= 0.3 is 0 Å². The monoisotopic (exact) mass is 318 g/mol. The number of carbonyl (C=O) groups excluding carboxylic acids is 1. The van der Waals surface area contributed by atoms with E-state index >= 15 is 0 Å². The Bertz CT molecular complexity index is 585. The van der Waals surface area contributed by atoms with Crippen molar-refractivity contribution in [1.29, 1.82) is 0 Å². The number of ketones is 1. The van der Waals surface area contributed by atoms with Crippen LogP contribution in [0.25, 0.3) is 0 Å². The summed E-state index contributed by atoms with van der Waals surface area (Å²) in [6.45, 7) is 2.82. The molecule has 0 atom stereocenters. The molecule has 0 amide bonds. The van der Waals surface area contributed by atoms with Crippen molar-refractivity contribution in [3.8, 4) is 0 Å². The van der Waals surface area contributed by atoms with Gasteiger partial charge in [0.05, 0.1) is 7.11 Å². The molecule has 0 aromatic heterocycles. The zero-order chi connectivity index (χ0) is 16.5. The van der Waals surface area contributed by atoms with E-state index in [0.717, 1.165) is 19.3 Å². The standard InChI is InChI=1S/C17H22N2O4/c1-3-4-5-6-15(20)13-7-9-22-16(11-13)18-19-17-12-14(21-2)8-10-23-17/h7-8,11-12H,3-6,9-10H2,1-2H3. The van der Waals surface area contributed by atoms with Gasteiger partial charge in [0.1, 0.15) is 19.0 Å². The summed E-state index contributed by atoms with van der Waals surface area (Å²) >= 11 is 0. The van der Waals surface area contributed by atoms with Crippen LogP contribution >= 0.6 is 0 Å². The summed E-state index contributed by atoms with van der Waals surface area (Å²) in [7, 11) is 1.58. The van der Waals surface area contributed by atoms with Crippen molar-refractivity contribution in [2.75, 3.05) is 20.3 Å². The predicted molar refractivity (Wildman–Crippen MR) is 85.3 cm³/mol. The molecule has 124 valence electrons. The lowest BCUT2D eigenvalue weighted by Gasteiger charge is -2.12. The zero-order valence-corrected chi connectivity index (χ0v) is 13.6. The van der Waals surface area contributed by atoms with E-state index < -0.39 is 0 Å². The first-order chi connectivity index (χ1) is 11.2. The molecule has 0 aliphatic carbocycles. The van der Waals surface area contributed by atoms with Gasteiger partial charge in [0.15, 0.2) is 5.78 Å². The highest BCUT2D eigenvalue weighted by molar-refractivity contribution is 5.98. The zero-order valence-electron chi connectivity index (χ0n) is 13.6. The highest BCUT2D eigenvalue weighted by atomic mass is 16.5. The van der Waals surface area contributed by atoms with Gasteiger partial charge in [0, 0.05) is 24.1 Å². The molecule has 0 aromatic rings. The molecule has 2 aliphatic heterocycles. The second-order valence-electron chi connectivity index (χ2n) is 5.14. The van der Waals surface area contributed by atoms with Crippen LogP contribution in [-0.4, -0.2) is 26.1 Å². The van der Waals surface area contributed by atoms with E-state index in [4.69, 9.17) is 14.2 Å². The fourth-order valence-electron chi connectivity index (χ4n) is 2.11. The number of carbonyl (C=O) groups is 1. The quantitative estimate of drug-likeness (QED) is 0.504. The van der Waals surface area contributed by atoms with E-state index in [1.807, 2.05) is 0 Å². The van der Waals surface area contributed by atoms with Crippen molar-refractivity contribution >= 4 is 5.78 Å². The lowest BCUT2D eigenvalue weighted by atomic mass is 10.0.